The van der Waals surface area contributed by atoms with E-state index in [0.717, 1.165) is 16.7 Å². The van der Waals surface area contributed by atoms with Gasteiger partial charge in [0.25, 0.3) is 0 Å². The van der Waals surface area contributed by atoms with Crippen molar-refractivity contribution in [1.29, 1.82) is 0 Å². The summed E-state index contributed by atoms with van der Waals surface area (Å²) in [5, 5.41) is 14.8. The van der Waals surface area contributed by atoms with Crippen molar-refractivity contribution >= 4 is 64.6 Å². The Morgan fingerprint density at radius 1 is 0.259 bits per heavy atom. The van der Waals surface area contributed by atoms with Crippen LogP contribution in [-0.4, -0.2) is 9.97 Å². The Morgan fingerprint density at radius 2 is 0.685 bits per heavy atom. The maximum atomic E-state index is 4.93. The molecular formula is C52H32N2. The number of hydrogen-bond donors (Lipinski definition) is 0. The summed E-state index contributed by atoms with van der Waals surface area (Å²) in [5.41, 5.74) is 8.00. The molecule has 2 heteroatoms. The van der Waals surface area contributed by atoms with E-state index in [0.29, 0.717) is 5.82 Å². The Hall–Kier alpha value is -7.16. The molecular weight excluding hydrogens is 653 g/mol. The maximum absolute atomic E-state index is 4.93. The molecule has 0 saturated heterocycles. The third-order valence-corrected chi connectivity index (χ3v) is 11.1. The first-order chi connectivity index (χ1) is 26.8. The van der Waals surface area contributed by atoms with Gasteiger partial charge in [0, 0.05) is 23.5 Å². The normalized spacial score (nSPS) is 11.7. The van der Waals surface area contributed by atoms with Crippen LogP contribution >= 0.6 is 0 Å². The van der Waals surface area contributed by atoms with Crippen molar-refractivity contribution in [2.45, 2.75) is 0 Å². The summed E-state index contributed by atoms with van der Waals surface area (Å²) in [6.07, 6.45) is 3.87. The molecule has 0 aliphatic rings. The lowest BCUT2D eigenvalue weighted by Crippen LogP contribution is -1.95. The second-order valence-corrected chi connectivity index (χ2v) is 14.1. The average Bonchev–Trinajstić information content (AvgIpc) is 3.25. The van der Waals surface area contributed by atoms with Crippen LogP contribution in [0.2, 0.25) is 0 Å². The third kappa shape index (κ3) is 4.74. The van der Waals surface area contributed by atoms with E-state index in [2.05, 4.69) is 164 Å². The topological polar surface area (TPSA) is 25.8 Å². The molecule has 1 heterocycles. The van der Waals surface area contributed by atoms with Gasteiger partial charge in [-0.05, 0) is 111 Å². The highest BCUT2D eigenvalue weighted by Crippen LogP contribution is 2.49. The first-order valence-corrected chi connectivity index (χ1v) is 18.5. The summed E-state index contributed by atoms with van der Waals surface area (Å²) in [7, 11) is 0. The fraction of sp³-hybridized carbons (Fsp3) is 0. The number of hydrogen-bond acceptors (Lipinski definition) is 2. The first kappa shape index (κ1) is 30.5. The summed E-state index contributed by atoms with van der Waals surface area (Å²) in [5.74, 6) is 0.705. The number of rotatable bonds is 4. The lowest BCUT2D eigenvalue weighted by atomic mass is 9.82. The van der Waals surface area contributed by atoms with Gasteiger partial charge in [0.2, 0.25) is 0 Å². The predicted octanol–water partition coefficient (Wildman–Crippen LogP) is 14.1. The highest BCUT2D eigenvalue weighted by atomic mass is 14.9. The van der Waals surface area contributed by atoms with Crippen LogP contribution in [0.4, 0.5) is 0 Å². The molecule has 0 unspecified atom stereocenters. The van der Waals surface area contributed by atoms with Crippen LogP contribution in [0.1, 0.15) is 0 Å². The van der Waals surface area contributed by atoms with E-state index >= 15 is 0 Å². The van der Waals surface area contributed by atoms with Gasteiger partial charge in [-0.2, -0.15) is 0 Å². The van der Waals surface area contributed by atoms with Gasteiger partial charge < -0.3 is 0 Å². The van der Waals surface area contributed by atoms with Crippen LogP contribution in [0.3, 0.4) is 0 Å². The molecule has 11 rings (SSSR count). The lowest BCUT2D eigenvalue weighted by molar-refractivity contribution is 1.18. The molecule has 1 aromatic heterocycles. The molecule has 0 N–H and O–H groups in total. The van der Waals surface area contributed by atoms with Gasteiger partial charge in [-0.15, -0.1) is 0 Å². The lowest BCUT2D eigenvalue weighted by Gasteiger charge is -2.21. The highest BCUT2D eigenvalue weighted by molar-refractivity contribution is 6.28. The SMILES string of the molecule is c1ccc(-c2cnc(-c3ccc4c(-c5cc6ccccc6c6ccccc56)c5ccccc5c(-c5cc6ccccc6c6ccccc56)c4c3)nc2)cc1. The van der Waals surface area contributed by atoms with Gasteiger partial charge in [-0.3, -0.25) is 0 Å². The summed E-state index contributed by atoms with van der Waals surface area (Å²) < 4.78 is 0. The number of fused-ring (bicyclic) bond motifs is 8. The van der Waals surface area contributed by atoms with Gasteiger partial charge in [-0.1, -0.05) is 164 Å². The molecule has 0 saturated carbocycles. The molecule has 0 amide bonds. The van der Waals surface area contributed by atoms with E-state index < -0.39 is 0 Å². The summed E-state index contributed by atoms with van der Waals surface area (Å²) in [6.45, 7) is 0. The molecule has 2 nitrogen and oxygen atoms in total. The number of nitrogens with zero attached hydrogens (tertiary/aromatic N) is 2. The van der Waals surface area contributed by atoms with Gasteiger partial charge in [0.05, 0.1) is 0 Å². The van der Waals surface area contributed by atoms with Crippen molar-refractivity contribution in [3.8, 4) is 44.8 Å². The highest BCUT2D eigenvalue weighted by Gasteiger charge is 2.21. The quantitative estimate of drug-likeness (QED) is 0.136. The fourth-order valence-electron chi connectivity index (χ4n) is 8.68. The van der Waals surface area contributed by atoms with E-state index in [1.54, 1.807) is 0 Å². The molecule has 0 bridgehead atoms. The Morgan fingerprint density at radius 3 is 1.24 bits per heavy atom. The smallest absolute Gasteiger partial charge is 0.159 e. The zero-order chi connectivity index (χ0) is 35.6. The van der Waals surface area contributed by atoms with Crippen molar-refractivity contribution in [3.05, 3.63) is 194 Å². The molecule has 0 aliphatic carbocycles. The minimum absolute atomic E-state index is 0.705. The third-order valence-electron chi connectivity index (χ3n) is 11.1. The summed E-state index contributed by atoms with van der Waals surface area (Å²) in [6, 6.07) is 66.1. The minimum atomic E-state index is 0.705. The molecule has 10 aromatic carbocycles. The Balaban J connectivity index is 1.28. The Labute approximate surface area is 312 Å². The van der Waals surface area contributed by atoms with Crippen LogP contribution in [0.15, 0.2) is 194 Å². The number of aromatic nitrogens is 2. The van der Waals surface area contributed by atoms with Crippen LogP contribution < -0.4 is 0 Å². The fourth-order valence-corrected chi connectivity index (χ4v) is 8.68. The van der Waals surface area contributed by atoms with Gasteiger partial charge in [-0.25, -0.2) is 9.97 Å². The molecule has 0 spiro atoms. The van der Waals surface area contributed by atoms with Crippen molar-refractivity contribution in [2.24, 2.45) is 0 Å². The van der Waals surface area contributed by atoms with Gasteiger partial charge in [0.15, 0.2) is 5.82 Å². The largest absolute Gasteiger partial charge is 0.236 e. The van der Waals surface area contributed by atoms with Crippen molar-refractivity contribution in [2.75, 3.05) is 0 Å². The van der Waals surface area contributed by atoms with E-state index in [1.807, 2.05) is 30.6 Å². The van der Waals surface area contributed by atoms with Crippen molar-refractivity contribution < 1.29 is 0 Å². The van der Waals surface area contributed by atoms with Gasteiger partial charge in [0.1, 0.15) is 0 Å². The standard InChI is InChI=1S/C52H32N2/c1-2-14-33(15-3-1)37-31-53-52(54-32-37)36-26-27-46-49(30-36)51(48-29-35-17-5-7-19-39(35)41-21-9-11-23-43(41)48)45-25-13-12-24-44(45)50(46)47-28-34-16-4-6-18-38(34)40-20-8-10-22-42(40)47/h1-32H. The summed E-state index contributed by atoms with van der Waals surface area (Å²) >= 11 is 0. The van der Waals surface area contributed by atoms with E-state index in [1.165, 1.54) is 86.9 Å². The van der Waals surface area contributed by atoms with Crippen molar-refractivity contribution in [3.63, 3.8) is 0 Å². The summed E-state index contributed by atoms with van der Waals surface area (Å²) in [4.78, 5) is 9.86. The van der Waals surface area contributed by atoms with Crippen LogP contribution in [0, 0.1) is 0 Å². The van der Waals surface area contributed by atoms with E-state index in [-0.39, 0.29) is 0 Å². The van der Waals surface area contributed by atoms with Crippen LogP contribution in [-0.2, 0) is 0 Å². The minimum Gasteiger partial charge on any atom is -0.236 e. The molecule has 54 heavy (non-hydrogen) atoms. The second kappa shape index (κ2) is 12.2. The molecule has 11 aromatic rings. The van der Waals surface area contributed by atoms with E-state index in [4.69, 9.17) is 9.97 Å². The molecule has 0 aliphatic heterocycles. The maximum Gasteiger partial charge on any atom is 0.159 e. The molecule has 0 fully saturated rings. The monoisotopic (exact) mass is 684 g/mol. The zero-order valence-corrected chi connectivity index (χ0v) is 29.4. The molecule has 0 radical (unpaired) electrons. The Bertz CT molecular complexity index is 3250. The van der Waals surface area contributed by atoms with Crippen LogP contribution in [0.25, 0.3) is 109 Å². The number of benzene rings is 10. The van der Waals surface area contributed by atoms with Crippen LogP contribution in [0.5, 0.6) is 0 Å². The van der Waals surface area contributed by atoms with Gasteiger partial charge >= 0.3 is 0 Å². The molecule has 0 atom stereocenters. The van der Waals surface area contributed by atoms with Crippen molar-refractivity contribution in [1.82, 2.24) is 9.97 Å². The Kier molecular flexibility index (Phi) is 6.90. The second-order valence-electron chi connectivity index (χ2n) is 14.1. The first-order valence-electron chi connectivity index (χ1n) is 18.5. The van der Waals surface area contributed by atoms with E-state index in [9.17, 15) is 0 Å². The zero-order valence-electron chi connectivity index (χ0n) is 29.4. The predicted molar refractivity (Wildman–Crippen MR) is 229 cm³/mol. The average molecular weight is 685 g/mol. The molecule has 250 valence electrons.